The first kappa shape index (κ1) is 19.7. The first-order chi connectivity index (χ1) is 15.6. The second-order valence-corrected chi connectivity index (χ2v) is 9.29. The normalized spacial score (nSPS) is 19.7. The molecule has 6 nitrogen and oxygen atoms in total. The van der Waals surface area contributed by atoms with E-state index in [0.29, 0.717) is 5.92 Å². The Bertz CT molecular complexity index is 1280. The van der Waals surface area contributed by atoms with Crippen molar-refractivity contribution >= 4 is 11.0 Å². The third kappa shape index (κ3) is 3.34. The lowest BCUT2D eigenvalue weighted by Gasteiger charge is -2.24. The fourth-order valence-corrected chi connectivity index (χ4v) is 5.14. The van der Waals surface area contributed by atoms with E-state index in [1.165, 1.54) is 18.4 Å². The fourth-order valence-electron chi connectivity index (χ4n) is 5.14. The molecule has 1 aliphatic heterocycles. The van der Waals surface area contributed by atoms with Gasteiger partial charge in [0.05, 0.1) is 34.4 Å². The molecule has 32 heavy (non-hydrogen) atoms. The molecular weight excluding hydrogens is 400 g/mol. The molecule has 1 saturated carbocycles. The van der Waals surface area contributed by atoms with Crippen molar-refractivity contribution in [2.24, 2.45) is 0 Å². The molecular formula is C26H28N4O2. The molecule has 0 bridgehead atoms. The summed E-state index contributed by atoms with van der Waals surface area (Å²) in [5, 5.41) is 4.20. The van der Waals surface area contributed by atoms with Gasteiger partial charge in [-0.3, -0.25) is 4.98 Å². The van der Waals surface area contributed by atoms with Crippen LogP contribution in [-0.4, -0.2) is 32.8 Å². The van der Waals surface area contributed by atoms with Crippen LogP contribution in [0.2, 0.25) is 0 Å². The first-order valence-electron chi connectivity index (χ1n) is 11.6. The van der Waals surface area contributed by atoms with E-state index in [0.717, 1.165) is 70.3 Å². The van der Waals surface area contributed by atoms with E-state index < -0.39 is 0 Å². The number of fused-ring (bicyclic) bond motifs is 1. The molecule has 0 spiro atoms. The Balaban J connectivity index is 1.61. The van der Waals surface area contributed by atoms with Gasteiger partial charge in [-0.2, -0.15) is 0 Å². The highest BCUT2D eigenvalue weighted by Gasteiger charge is 2.34. The average molecular weight is 429 g/mol. The number of pyridine rings is 1. The molecule has 0 radical (unpaired) electrons. The van der Waals surface area contributed by atoms with Crippen LogP contribution in [0.5, 0.6) is 0 Å². The highest BCUT2D eigenvalue weighted by atomic mass is 16.5. The third-order valence-corrected chi connectivity index (χ3v) is 6.82. The van der Waals surface area contributed by atoms with Crippen molar-refractivity contribution in [3.63, 3.8) is 0 Å². The Morgan fingerprint density at radius 1 is 1.06 bits per heavy atom. The van der Waals surface area contributed by atoms with E-state index in [2.05, 4.69) is 34.4 Å². The minimum Gasteiger partial charge on any atom is -0.377 e. The summed E-state index contributed by atoms with van der Waals surface area (Å²) in [5.41, 5.74) is 8.39. The molecule has 164 valence electrons. The van der Waals surface area contributed by atoms with Gasteiger partial charge in [-0.1, -0.05) is 11.2 Å². The summed E-state index contributed by atoms with van der Waals surface area (Å²) in [6, 6.07) is 10.7. The number of benzene rings is 1. The maximum Gasteiger partial charge on any atom is 0.141 e. The molecule has 2 aliphatic rings. The number of ether oxygens (including phenoxy) is 1. The predicted octanol–water partition coefficient (Wildman–Crippen LogP) is 5.73. The molecule has 0 amide bonds. The second-order valence-electron chi connectivity index (χ2n) is 9.29. The van der Waals surface area contributed by atoms with Crippen LogP contribution in [-0.2, 0) is 4.74 Å². The van der Waals surface area contributed by atoms with E-state index in [9.17, 15) is 0 Å². The van der Waals surface area contributed by atoms with E-state index in [4.69, 9.17) is 19.2 Å². The Kier molecular flexibility index (Phi) is 4.65. The number of H-pyrrole nitrogens is 1. The molecule has 1 saturated heterocycles. The van der Waals surface area contributed by atoms with Gasteiger partial charge in [0.2, 0.25) is 0 Å². The summed E-state index contributed by atoms with van der Waals surface area (Å²) in [6.07, 6.45) is 4.61. The van der Waals surface area contributed by atoms with Gasteiger partial charge >= 0.3 is 0 Å². The lowest BCUT2D eigenvalue weighted by molar-refractivity contribution is 0.0975. The Labute approximate surface area is 187 Å². The number of imidazole rings is 1. The van der Waals surface area contributed by atoms with Crippen molar-refractivity contribution in [2.75, 3.05) is 6.61 Å². The summed E-state index contributed by atoms with van der Waals surface area (Å²) in [4.78, 5) is 13.7. The van der Waals surface area contributed by atoms with Gasteiger partial charge in [-0.25, -0.2) is 4.98 Å². The van der Waals surface area contributed by atoms with Gasteiger partial charge in [0.15, 0.2) is 0 Å². The van der Waals surface area contributed by atoms with Gasteiger partial charge < -0.3 is 14.2 Å². The van der Waals surface area contributed by atoms with Crippen LogP contribution in [0.4, 0.5) is 0 Å². The molecule has 6 rings (SSSR count). The molecule has 1 N–H and O–H groups in total. The second kappa shape index (κ2) is 7.55. The van der Waals surface area contributed by atoms with Crippen LogP contribution in [0.1, 0.15) is 71.7 Å². The minimum atomic E-state index is 0.0238. The van der Waals surface area contributed by atoms with E-state index >= 15 is 0 Å². The van der Waals surface area contributed by atoms with Gasteiger partial charge in [0, 0.05) is 23.8 Å². The number of nitrogens with zero attached hydrogens (tertiary/aromatic N) is 3. The Hall–Kier alpha value is -2.99. The fraction of sp³-hybridized carbons (Fsp3) is 0.423. The first-order valence-corrected chi connectivity index (χ1v) is 11.6. The number of aryl methyl sites for hydroxylation is 3. The van der Waals surface area contributed by atoms with Crippen molar-refractivity contribution in [2.45, 2.75) is 64.4 Å². The summed E-state index contributed by atoms with van der Waals surface area (Å²) in [5.74, 6) is 2.50. The van der Waals surface area contributed by atoms with Crippen LogP contribution < -0.4 is 0 Å². The number of hydrogen-bond donors (Lipinski definition) is 1. The monoisotopic (exact) mass is 428 g/mol. The van der Waals surface area contributed by atoms with Gasteiger partial charge in [0.1, 0.15) is 11.6 Å². The number of hydrogen-bond acceptors (Lipinski definition) is 5. The smallest absolute Gasteiger partial charge is 0.141 e. The molecule has 4 heterocycles. The zero-order valence-electron chi connectivity index (χ0n) is 18.8. The summed E-state index contributed by atoms with van der Waals surface area (Å²) in [6.45, 7) is 6.82. The van der Waals surface area contributed by atoms with Gasteiger partial charge in [-0.05, 0) is 81.8 Å². The largest absolute Gasteiger partial charge is 0.377 e. The highest BCUT2D eigenvalue weighted by Crippen LogP contribution is 2.43. The summed E-state index contributed by atoms with van der Waals surface area (Å²) in [7, 11) is 0. The van der Waals surface area contributed by atoms with Crippen molar-refractivity contribution in [3.8, 4) is 11.1 Å². The SMILES string of the molecule is Cc1cccc(C(c2cc(-c3c(C)noc3C)cc3[nH]c(C4CC4)nc23)[C@H]2CCCO2)n1. The zero-order valence-corrected chi connectivity index (χ0v) is 18.8. The molecule has 1 aromatic carbocycles. The standard InChI is InChI=1S/C26H28N4O2/c1-14-6-4-7-20(27-14)24(22-8-5-11-31-22)19-12-18(23-15(2)30-32-16(23)3)13-21-25(19)29-26(28-21)17-9-10-17/h4,6-7,12-13,17,22,24H,5,8-11H2,1-3H3,(H,28,29)/t22-,24?/m1/s1. The van der Waals surface area contributed by atoms with Crippen molar-refractivity contribution in [1.29, 1.82) is 0 Å². The number of nitrogens with one attached hydrogen (secondary N) is 1. The van der Waals surface area contributed by atoms with Crippen LogP contribution in [0.15, 0.2) is 34.9 Å². The summed E-state index contributed by atoms with van der Waals surface area (Å²) >= 11 is 0. The molecule has 1 aliphatic carbocycles. The quantitative estimate of drug-likeness (QED) is 0.439. The van der Waals surface area contributed by atoms with Gasteiger partial charge in [-0.15, -0.1) is 0 Å². The third-order valence-electron chi connectivity index (χ3n) is 6.82. The van der Waals surface area contributed by atoms with Crippen LogP contribution >= 0.6 is 0 Å². The van der Waals surface area contributed by atoms with Gasteiger partial charge in [0.25, 0.3) is 0 Å². The predicted molar refractivity (Wildman–Crippen MR) is 123 cm³/mol. The van der Waals surface area contributed by atoms with E-state index in [1.807, 2.05) is 26.8 Å². The van der Waals surface area contributed by atoms with Crippen molar-refractivity contribution in [1.82, 2.24) is 20.1 Å². The molecule has 2 atom stereocenters. The van der Waals surface area contributed by atoms with Crippen LogP contribution in [0.3, 0.4) is 0 Å². The zero-order chi connectivity index (χ0) is 21.8. The Morgan fingerprint density at radius 3 is 2.62 bits per heavy atom. The molecule has 1 unspecified atom stereocenters. The number of rotatable bonds is 5. The Morgan fingerprint density at radius 2 is 1.94 bits per heavy atom. The average Bonchev–Trinajstić information content (AvgIpc) is 3.15. The van der Waals surface area contributed by atoms with E-state index in [-0.39, 0.29) is 12.0 Å². The number of aromatic amines is 1. The topological polar surface area (TPSA) is 76.8 Å². The molecule has 2 fully saturated rings. The van der Waals surface area contributed by atoms with Crippen molar-refractivity contribution in [3.05, 3.63) is 64.6 Å². The highest BCUT2D eigenvalue weighted by molar-refractivity contribution is 5.87. The molecule has 4 aromatic rings. The maximum absolute atomic E-state index is 6.25. The lowest BCUT2D eigenvalue weighted by atomic mass is 9.85. The minimum absolute atomic E-state index is 0.0238. The van der Waals surface area contributed by atoms with E-state index in [1.54, 1.807) is 0 Å². The maximum atomic E-state index is 6.25. The lowest BCUT2D eigenvalue weighted by Crippen LogP contribution is -2.21. The molecule has 3 aromatic heterocycles. The van der Waals surface area contributed by atoms with Crippen molar-refractivity contribution < 1.29 is 9.26 Å². The molecule has 6 heteroatoms. The summed E-state index contributed by atoms with van der Waals surface area (Å²) < 4.78 is 11.8. The van der Waals surface area contributed by atoms with Crippen LogP contribution in [0.25, 0.3) is 22.2 Å². The number of aromatic nitrogens is 4. The van der Waals surface area contributed by atoms with Crippen LogP contribution in [0, 0.1) is 20.8 Å².